The molecule has 0 spiro atoms. The molecule has 12 rings (SSSR count). The second-order valence-corrected chi connectivity index (χ2v) is 37.3. The average Bonchev–Trinajstić information content (AvgIpc) is 1.39. The molecule has 84 heavy (non-hydrogen) atoms. The van der Waals surface area contributed by atoms with E-state index < -0.39 is 0 Å². The van der Waals surface area contributed by atoms with Gasteiger partial charge in [-0.05, 0) is 311 Å². The first kappa shape index (κ1) is 66.5. The highest BCUT2D eigenvalue weighted by molar-refractivity contribution is 5.25. The Morgan fingerprint density at radius 2 is 0.821 bits per heavy atom. The van der Waals surface area contributed by atoms with Gasteiger partial charge in [-0.3, -0.25) is 0 Å². The fourth-order valence-corrected chi connectivity index (χ4v) is 27.3. The topological polar surface area (TPSA) is 60.7 Å². The first-order valence-electron chi connectivity index (χ1n) is 38.5. The lowest BCUT2D eigenvalue weighted by Gasteiger charge is -2.62. The van der Waals surface area contributed by atoms with E-state index in [1.54, 1.807) is 5.57 Å². The van der Waals surface area contributed by atoms with E-state index in [0.717, 1.165) is 150 Å². The van der Waals surface area contributed by atoms with Crippen LogP contribution in [0.25, 0.3) is 0 Å². The summed E-state index contributed by atoms with van der Waals surface area (Å²) >= 11 is 0. The number of rotatable bonds is 15. The van der Waals surface area contributed by atoms with Crippen LogP contribution in [0.1, 0.15) is 329 Å². The van der Waals surface area contributed by atoms with Gasteiger partial charge in [0.25, 0.3) is 0 Å². The monoisotopic (exact) mass is 1160 g/mol. The maximum atomic E-state index is 11.1. The van der Waals surface area contributed by atoms with E-state index in [1.807, 2.05) is 0 Å². The van der Waals surface area contributed by atoms with Crippen molar-refractivity contribution >= 4 is 0 Å². The molecule has 0 aromatic rings. The Kier molecular flexibility index (Phi) is 21.1. The predicted octanol–water partition coefficient (Wildman–Crippen LogP) is 22.3. The maximum Gasteiger partial charge on any atom is 0.0599 e. The van der Waals surface area contributed by atoms with Crippen molar-refractivity contribution in [2.45, 2.75) is 347 Å². The van der Waals surface area contributed by atoms with Crippen molar-refractivity contribution in [3.8, 4) is 0 Å². The van der Waals surface area contributed by atoms with Gasteiger partial charge in [0.05, 0.1) is 18.3 Å². The van der Waals surface area contributed by atoms with E-state index in [0.29, 0.717) is 27.1 Å². The van der Waals surface area contributed by atoms with Gasteiger partial charge in [-0.25, -0.2) is 0 Å². The third kappa shape index (κ3) is 12.5. The molecule has 11 fully saturated rings. The molecule has 0 aromatic heterocycles. The van der Waals surface area contributed by atoms with Crippen molar-refractivity contribution in [1.29, 1.82) is 0 Å². The SMILES string of the molecule is CC(C)CCC[C@@H](C)[C@H]1CC[C@H]2[C@@H]3CC=C4C[C@@H](O)CC[C@]4(C)[C@H]3CC[C@]12C.CC(C)CCC[C@@H](C)[C@H]1CC[C@H]2[C@@H]3CC[C@@H]4CCCC(O)[C@]4(C)[C@H]3CC[C@]12C.CC(C)CCC[C@@H](C)[C@H]1CC[C@H]2[C@@H]3CC[C@H]4C[C@@H](O)CC[C@]4(C)[C@H]3CC[C@]12C. The number of aliphatic hydroxyl groups excluding tert-OH is 3. The quantitative estimate of drug-likeness (QED) is 0.143. The fourth-order valence-electron chi connectivity index (χ4n) is 27.3. The molecule has 3 heteroatoms. The van der Waals surface area contributed by atoms with Crippen molar-refractivity contribution in [3.63, 3.8) is 0 Å². The van der Waals surface area contributed by atoms with Gasteiger partial charge in [0.2, 0.25) is 0 Å². The summed E-state index contributed by atoms with van der Waals surface area (Å²) in [6.45, 7) is 37.8. The van der Waals surface area contributed by atoms with E-state index in [9.17, 15) is 15.3 Å². The first-order valence-corrected chi connectivity index (χ1v) is 38.5. The van der Waals surface area contributed by atoms with Gasteiger partial charge in [0, 0.05) is 0 Å². The summed E-state index contributed by atoms with van der Waals surface area (Å²) in [5, 5.41) is 31.5. The van der Waals surface area contributed by atoms with E-state index in [1.165, 1.54) is 193 Å². The lowest BCUT2D eigenvalue weighted by Crippen LogP contribution is -2.57. The predicted molar refractivity (Wildman–Crippen MR) is 357 cm³/mol. The van der Waals surface area contributed by atoms with Crippen molar-refractivity contribution in [2.75, 3.05) is 0 Å². The minimum Gasteiger partial charge on any atom is -0.393 e. The minimum atomic E-state index is -0.0766. The van der Waals surface area contributed by atoms with Crippen LogP contribution in [0.5, 0.6) is 0 Å². The number of aliphatic hydroxyl groups is 3. The Hall–Kier alpha value is -0.380. The van der Waals surface area contributed by atoms with Crippen molar-refractivity contribution in [3.05, 3.63) is 11.6 Å². The minimum absolute atomic E-state index is 0.00830. The Labute approximate surface area is 522 Å². The van der Waals surface area contributed by atoms with Crippen LogP contribution >= 0.6 is 0 Å². The van der Waals surface area contributed by atoms with E-state index in [2.05, 4.69) is 110 Å². The van der Waals surface area contributed by atoms with Gasteiger partial charge in [-0.1, -0.05) is 180 Å². The molecule has 3 nitrogen and oxygen atoms in total. The molecule has 0 aromatic carbocycles. The number of fused-ring (bicyclic) bond motifs is 15. The summed E-state index contributed by atoms with van der Waals surface area (Å²) in [6, 6.07) is 0. The largest absolute Gasteiger partial charge is 0.393 e. The standard InChI is InChI=1S/2C27H48O.C27H46O/c1-18(2)8-6-9-19(3)22-14-15-23-21-13-12-20-10-7-11-25(28)27(20,5)24(21)16-17-26(22,23)4;2*1-18(2)7-6-8-19(3)23-11-12-24-22-10-9-20-17-21(28)13-15-26(20,4)25(22)14-16-27(23,24)5/h2*18-25,28H,6-17H2,1-5H3;9,18-19,21-25,28H,6-8,10-17H2,1-5H3/t19-,20+,21+,22-,23+,24+,25?,26-,27+;19-,20+,21+,22+,23-,24+,25+,26+,27-;19-,21+,22+,23-,24+,25+,26+,27-/m111/s1. The van der Waals surface area contributed by atoms with E-state index in [4.69, 9.17) is 0 Å². The van der Waals surface area contributed by atoms with Crippen LogP contribution in [0.4, 0.5) is 0 Å². The van der Waals surface area contributed by atoms with Crippen LogP contribution in [0.15, 0.2) is 11.6 Å². The highest BCUT2D eigenvalue weighted by Crippen LogP contribution is 2.72. The van der Waals surface area contributed by atoms with Gasteiger partial charge in [0.15, 0.2) is 0 Å². The molecule has 12 aliphatic carbocycles. The molecule has 0 amide bonds. The molecule has 0 aliphatic heterocycles. The van der Waals surface area contributed by atoms with Gasteiger partial charge < -0.3 is 15.3 Å². The Morgan fingerprint density at radius 3 is 1.33 bits per heavy atom. The van der Waals surface area contributed by atoms with E-state index >= 15 is 0 Å². The molecule has 1 unspecified atom stereocenters. The second-order valence-electron chi connectivity index (χ2n) is 37.3. The maximum absolute atomic E-state index is 11.1. The summed E-state index contributed by atoms with van der Waals surface area (Å²) in [5.74, 6) is 18.1. The lowest BCUT2D eigenvalue weighted by molar-refractivity contribution is -0.164. The average molecular weight is 1160 g/mol. The summed E-state index contributed by atoms with van der Waals surface area (Å²) in [6.07, 6.45) is 50.4. The number of allylic oxidation sites excluding steroid dienone is 1. The molecule has 11 saturated carbocycles. The number of hydrogen-bond donors (Lipinski definition) is 3. The fraction of sp³-hybridized carbons (Fsp3) is 0.975. The molecule has 0 radical (unpaired) electrons. The molecule has 12 aliphatic rings. The van der Waals surface area contributed by atoms with Crippen LogP contribution in [-0.4, -0.2) is 33.6 Å². The zero-order valence-electron chi connectivity index (χ0n) is 58.4. The van der Waals surface area contributed by atoms with Crippen LogP contribution in [0.2, 0.25) is 0 Å². The molecular weight excluding hydrogens is 1020 g/mol. The Morgan fingerprint density at radius 1 is 0.393 bits per heavy atom. The molecule has 26 atom stereocenters. The smallest absolute Gasteiger partial charge is 0.0599 e. The normalized spacial score (nSPS) is 48.4. The third-order valence-corrected chi connectivity index (χ3v) is 32.0. The van der Waals surface area contributed by atoms with Crippen LogP contribution in [0, 0.1) is 151 Å². The zero-order valence-corrected chi connectivity index (χ0v) is 58.4. The van der Waals surface area contributed by atoms with Crippen LogP contribution in [0.3, 0.4) is 0 Å². The lowest BCUT2D eigenvalue weighted by atomic mass is 9.44. The summed E-state index contributed by atoms with van der Waals surface area (Å²) < 4.78 is 0. The Balaban J connectivity index is 0.000000140. The van der Waals surface area contributed by atoms with Gasteiger partial charge in [0.1, 0.15) is 0 Å². The highest BCUT2D eigenvalue weighted by Gasteiger charge is 2.64. The molecule has 0 bridgehead atoms. The molecule has 3 N–H and O–H groups in total. The van der Waals surface area contributed by atoms with Crippen LogP contribution in [-0.2, 0) is 0 Å². The van der Waals surface area contributed by atoms with Gasteiger partial charge in [-0.2, -0.15) is 0 Å². The highest BCUT2D eigenvalue weighted by atomic mass is 16.3. The van der Waals surface area contributed by atoms with Gasteiger partial charge >= 0.3 is 0 Å². The van der Waals surface area contributed by atoms with E-state index in [-0.39, 0.29) is 23.7 Å². The summed E-state index contributed by atoms with van der Waals surface area (Å²) in [5.41, 5.74) is 4.57. The van der Waals surface area contributed by atoms with Gasteiger partial charge in [-0.15, -0.1) is 0 Å². The van der Waals surface area contributed by atoms with Crippen molar-refractivity contribution < 1.29 is 15.3 Å². The van der Waals surface area contributed by atoms with Crippen LogP contribution < -0.4 is 0 Å². The Bertz CT molecular complexity index is 2140. The zero-order chi connectivity index (χ0) is 60.3. The van der Waals surface area contributed by atoms with Crippen molar-refractivity contribution in [1.82, 2.24) is 0 Å². The summed E-state index contributed by atoms with van der Waals surface area (Å²) in [7, 11) is 0. The molecule has 484 valence electrons. The second kappa shape index (κ2) is 26.7. The first-order chi connectivity index (χ1) is 39.8. The molecule has 0 heterocycles. The molecular formula is C81H142O3. The summed E-state index contributed by atoms with van der Waals surface area (Å²) in [4.78, 5) is 0. The number of hydrogen-bond acceptors (Lipinski definition) is 3. The van der Waals surface area contributed by atoms with Crippen molar-refractivity contribution in [2.24, 2.45) is 151 Å². The molecule has 0 saturated heterocycles. The third-order valence-electron chi connectivity index (χ3n) is 32.0.